The number of nitrogens with one attached hydrogen (secondary N) is 2. The third kappa shape index (κ3) is 3.13. The lowest BCUT2D eigenvalue weighted by molar-refractivity contribution is 0.287. The summed E-state index contributed by atoms with van der Waals surface area (Å²) in [6, 6.07) is 7.01. The third-order valence-electron chi connectivity index (χ3n) is 3.82. The second-order valence-electron chi connectivity index (χ2n) is 5.36. The van der Waals surface area contributed by atoms with E-state index in [4.69, 9.17) is 5.73 Å². The standard InChI is InChI=1S/C14H23N3O2S/c1-2-10-16-20(18,19)13-7-4-3-6-12(13)17-14(11-15)8-5-9-14/h3-4,6-7,16-17H,2,5,8-11,15H2,1H3. The Morgan fingerprint density at radius 1 is 1.30 bits per heavy atom. The Morgan fingerprint density at radius 2 is 2.00 bits per heavy atom. The lowest BCUT2D eigenvalue weighted by atomic mass is 9.76. The van der Waals surface area contributed by atoms with E-state index in [-0.39, 0.29) is 5.54 Å². The van der Waals surface area contributed by atoms with Crippen LogP contribution in [0.2, 0.25) is 0 Å². The molecule has 0 amide bonds. The Bertz CT molecular complexity index is 548. The summed E-state index contributed by atoms with van der Waals surface area (Å²) in [4.78, 5) is 0.299. The molecular weight excluding hydrogens is 274 g/mol. The molecule has 0 radical (unpaired) electrons. The molecule has 1 aliphatic carbocycles. The highest BCUT2D eigenvalue weighted by Crippen LogP contribution is 2.36. The minimum Gasteiger partial charge on any atom is -0.377 e. The quantitative estimate of drug-likeness (QED) is 0.715. The topological polar surface area (TPSA) is 84.2 Å². The minimum atomic E-state index is -3.47. The first-order valence-electron chi connectivity index (χ1n) is 7.10. The van der Waals surface area contributed by atoms with Crippen LogP contribution in [0, 0.1) is 0 Å². The second-order valence-corrected chi connectivity index (χ2v) is 7.09. The molecule has 1 fully saturated rings. The minimum absolute atomic E-state index is 0.142. The van der Waals surface area contributed by atoms with E-state index in [0.717, 1.165) is 25.7 Å². The van der Waals surface area contributed by atoms with E-state index in [1.165, 1.54) is 0 Å². The van der Waals surface area contributed by atoms with Gasteiger partial charge < -0.3 is 11.1 Å². The molecule has 0 atom stereocenters. The molecule has 6 heteroatoms. The molecule has 0 bridgehead atoms. The molecule has 0 aliphatic heterocycles. The van der Waals surface area contributed by atoms with Gasteiger partial charge in [0.05, 0.1) is 5.69 Å². The zero-order valence-corrected chi connectivity index (χ0v) is 12.7. The van der Waals surface area contributed by atoms with Gasteiger partial charge in [-0.3, -0.25) is 0 Å². The fourth-order valence-corrected chi connectivity index (χ4v) is 3.68. The summed E-state index contributed by atoms with van der Waals surface area (Å²) in [6.45, 7) is 2.90. The molecule has 5 nitrogen and oxygen atoms in total. The van der Waals surface area contributed by atoms with E-state index in [1.54, 1.807) is 18.2 Å². The van der Waals surface area contributed by atoms with Crippen LogP contribution >= 0.6 is 0 Å². The maximum Gasteiger partial charge on any atom is 0.242 e. The Labute approximate surface area is 121 Å². The number of hydrogen-bond acceptors (Lipinski definition) is 4. The first-order valence-corrected chi connectivity index (χ1v) is 8.58. The van der Waals surface area contributed by atoms with E-state index in [1.807, 2.05) is 13.0 Å². The van der Waals surface area contributed by atoms with Crippen LogP contribution in [0.5, 0.6) is 0 Å². The molecular formula is C14H23N3O2S. The van der Waals surface area contributed by atoms with Crippen LogP contribution in [0.1, 0.15) is 32.6 Å². The first-order chi connectivity index (χ1) is 9.53. The predicted octanol–water partition coefficient (Wildman–Crippen LogP) is 1.67. The van der Waals surface area contributed by atoms with Crippen LogP contribution in [0.15, 0.2) is 29.2 Å². The van der Waals surface area contributed by atoms with Gasteiger partial charge in [-0.1, -0.05) is 19.1 Å². The van der Waals surface area contributed by atoms with E-state index < -0.39 is 10.0 Å². The average Bonchev–Trinajstić information content (AvgIpc) is 2.41. The number of benzene rings is 1. The number of para-hydroxylation sites is 1. The fraction of sp³-hybridized carbons (Fsp3) is 0.571. The molecule has 0 unspecified atom stereocenters. The Morgan fingerprint density at radius 3 is 2.55 bits per heavy atom. The van der Waals surface area contributed by atoms with Crippen molar-refractivity contribution >= 4 is 15.7 Å². The number of sulfonamides is 1. The van der Waals surface area contributed by atoms with Crippen molar-refractivity contribution in [1.82, 2.24) is 4.72 Å². The van der Waals surface area contributed by atoms with Gasteiger partial charge in [-0.05, 0) is 37.8 Å². The SMILES string of the molecule is CCCNS(=O)(=O)c1ccccc1NC1(CN)CCC1. The molecule has 20 heavy (non-hydrogen) atoms. The highest BCUT2D eigenvalue weighted by atomic mass is 32.2. The normalized spacial score (nSPS) is 17.5. The lowest BCUT2D eigenvalue weighted by Crippen LogP contribution is -2.51. The van der Waals surface area contributed by atoms with Crippen LogP contribution in [0.4, 0.5) is 5.69 Å². The molecule has 0 saturated heterocycles. The summed E-state index contributed by atoms with van der Waals surface area (Å²) in [5.74, 6) is 0. The van der Waals surface area contributed by atoms with Gasteiger partial charge in [0, 0.05) is 18.6 Å². The van der Waals surface area contributed by atoms with Gasteiger partial charge in [-0.15, -0.1) is 0 Å². The number of anilines is 1. The van der Waals surface area contributed by atoms with Gasteiger partial charge in [-0.2, -0.15) is 0 Å². The summed E-state index contributed by atoms with van der Waals surface area (Å²) in [5.41, 5.74) is 6.33. The fourth-order valence-electron chi connectivity index (χ4n) is 2.39. The largest absolute Gasteiger partial charge is 0.377 e. The molecule has 2 rings (SSSR count). The summed E-state index contributed by atoms with van der Waals surface area (Å²) >= 11 is 0. The Hall–Kier alpha value is -1.11. The highest BCUT2D eigenvalue weighted by Gasteiger charge is 2.36. The monoisotopic (exact) mass is 297 g/mol. The Kier molecular flexibility index (Phi) is 4.67. The van der Waals surface area contributed by atoms with Gasteiger partial charge in [0.1, 0.15) is 4.90 Å². The van der Waals surface area contributed by atoms with Crippen LogP contribution < -0.4 is 15.8 Å². The van der Waals surface area contributed by atoms with E-state index >= 15 is 0 Å². The summed E-state index contributed by atoms with van der Waals surface area (Å²) in [7, 11) is -3.47. The van der Waals surface area contributed by atoms with Gasteiger partial charge in [0.15, 0.2) is 0 Å². The van der Waals surface area contributed by atoms with Crippen LogP contribution in [-0.2, 0) is 10.0 Å². The van der Waals surface area contributed by atoms with E-state index in [0.29, 0.717) is 23.7 Å². The van der Waals surface area contributed by atoms with Crippen LogP contribution in [-0.4, -0.2) is 27.0 Å². The van der Waals surface area contributed by atoms with Crippen molar-refractivity contribution < 1.29 is 8.42 Å². The average molecular weight is 297 g/mol. The van der Waals surface area contributed by atoms with Crippen molar-refractivity contribution in [3.8, 4) is 0 Å². The summed E-state index contributed by atoms with van der Waals surface area (Å²) in [5, 5.41) is 3.35. The molecule has 1 aromatic rings. The van der Waals surface area contributed by atoms with E-state index in [2.05, 4.69) is 10.0 Å². The van der Waals surface area contributed by atoms with Crippen molar-refractivity contribution in [2.75, 3.05) is 18.4 Å². The maximum atomic E-state index is 12.3. The zero-order chi connectivity index (χ0) is 14.6. The van der Waals surface area contributed by atoms with Crippen molar-refractivity contribution in [3.05, 3.63) is 24.3 Å². The smallest absolute Gasteiger partial charge is 0.242 e. The van der Waals surface area contributed by atoms with E-state index in [9.17, 15) is 8.42 Å². The van der Waals surface area contributed by atoms with Gasteiger partial charge in [0.2, 0.25) is 10.0 Å². The van der Waals surface area contributed by atoms with Crippen molar-refractivity contribution in [2.45, 2.75) is 43.0 Å². The maximum absolute atomic E-state index is 12.3. The van der Waals surface area contributed by atoms with Crippen LogP contribution in [0.25, 0.3) is 0 Å². The zero-order valence-electron chi connectivity index (χ0n) is 11.9. The molecule has 1 aromatic carbocycles. The van der Waals surface area contributed by atoms with Crippen molar-refractivity contribution in [1.29, 1.82) is 0 Å². The highest BCUT2D eigenvalue weighted by molar-refractivity contribution is 7.89. The molecule has 1 aliphatic rings. The molecule has 4 N–H and O–H groups in total. The van der Waals surface area contributed by atoms with Gasteiger partial charge >= 0.3 is 0 Å². The molecule has 0 spiro atoms. The van der Waals surface area contributed by atoms with Crippen LogP contribution in [0.3, 0.4) is 0 Å². The van der Waals surface area contributed by atoms with Gasteiger partial charge in [-0.25, -0.2) is 13.1 Å². The molecule has 0 heterocycles. The number of hydrogen-bond donors (Lipinski definition) is 3. The number of nitrogens with two attached hydrogens (primary N) is 1. The molecule has 112 valence electrons. The molecule has 0 aromatic heterocycles. The molecule has 1 saturated carbocycles. The predicted molar refractivity (Wildman–Crippen MR) is 81.2 cm³/mol. The van der Waals surface area contributed by atoms with Gasteiger partial charge in [0.25, 0.3) is 0 Å². The Balaban J connectivity index is 2.26. The van der Waals surface area contributed by atoms with Crippen molar-refractivity contribution in [2.24, 2.45) is 5.73 Å². The number of rotatable bonds is 7. The first kappa shape index (κ1) is 15.3. The summed E-state index contributed by atoms with van der Waals surface area (Å²) < 4.78 is 27.2. The van der Waals surface area contributed by atoms with Crippen molar-refractivity contribution in [3.63, 3.8) is 0 Å². The third-order valence-corrected chi connectivity index (χ3v) is 5.34. The lowest BCUT2D eigenvalue weighted by Gasteiger charge is -2.42. The second kappa shape index (κ2) is 6.11. The summed E-state index contributed by atoms with van der Waals surface area (Å²) in [6.07, 6.45) is 3.87.